The number of hydrogen-bond acceptors (Lipinski definition) is 2. The van der Waals surface area contributed by atoms with Crippen LogP contribution in [0.4, 0.5) is 10.5 Å². The summed E-state index contributed by atoms with van der Waals surface area (Å²) < 4.78 is 0. The number of Topliss-reactive ketones (excluding diaryl/α,β-unsaturated/α-hetero) is 1. The summed E-state index contributed by atoms with van der Waals surface area (Å²) in [6.45, 7) is 3.57. The Labute approximate surface area is 132 Å². The van der Waals surface area contributed by atoms with Crippen LogP contribution >= 0.6 is 0 Å². The summed E-state index contributed by atoms with van der Waals surface area (Å²) in [7, 11) is 0. The number of carbonyl (C=O) groups excluding carboxylic acids is 1. The predicted octanol–water partition coefficient (Wildman–Crippen LogP) is 4.73. The minimum atomic E-state index is -0.909. The SMILES string of the molecule is CCC(C1CCCCC1)N(C(=O)O)c1ccc(C(C)=O)cc1. The highest BCUT2D eigenvalue weighted by molar-refractivity contribution is 5.95. The molecular weight excluding hydrogens is 278 g/mol. The molecule has 22 heavy (non-hydrogen) atoms. The molecule has 4 nitrogen and oxygen atoms in total. The first kappa shape index (κ1) is 16.5. The molecule has 1 saturated carbocycles. The molecule has 1 unspecified atom stereocenters. The number of hydrogen-bond donors (Lipinski definition) is 1. The van der Waals surface area contributed by atoms with Gasteiger partial charge in [-0.25, -0.2) is 4.79 Å². The van der Waals surface area contributed by atoms with Gasteiger partial charge >= 0.3 is 6.09 Å². The molecule has 1 N–H and O–H groups in total. The molecular formula is C18H25NO3. The normalized spacial score (nSPS) is 17.0. The average Bonchev–Trinajstić information content (AvgIpc) is 2.53. The lowest BCUT2D eigenvalue weighted by Gasteiger charge is -2.36. The van der Waals surface area contributed by atoms with E-state index in [-0.39, 0.29) is 11.8 Å². The van der Waals surface area contributed by atoms with E-state index < -0.39 is 6.09 Å². The Bertz CT molecular complexity index is 518. The molecule has 0 saturated heterocycles. The molecule has 1 aliphatic rings. The number of anilines is 1. The molecule has 1 fully saturated rings. The second-order valence-corrected chi connectivity index (χ2v) is 6.13. The van der Waals surface area contributed by atoms with Gasteiger partial charge in [-0.15, -0.1) is 0 Å². The molecule has 1 amide bonds. The molecule has 2 rings (SSSR count). The Morgan fingerprint density at radius 3 is 2.23 bits per heavy atom. The number of amides is 1. The minimum Gasteiger partial charge on any atom is -0.465 e. The Hall–Kier alpha value is -1.84. The quantitative estimate of drug-likeness (QED) is 0.800. The highest BCUT2D eigenvalue weighted by Crippen LogP contribution is 2.33. The van der Waals surface area contributed by atoms with Gasteiger partial charge in [0.25, 0.3) is 0 Å². The monoisotopic (exact) mass is 303 g/mol. The first-order chi connectivity index (χ1) is 10.5. The molecule has 0 spiro atoms. The predicted molar refractivity (Wildman–Crippen MR) is 87.6 cm³/mol. The molecule has 1 aromatic rings. The highest BCUT2D eigenvalue weighted by atomic mass is 16.4. The largest absolute Gasteiger partial charge is 0.465 e. The summed E-state index contributed by atoms with van der Waals surface area (Å²) in [4.78, 5) is 24.7. The van der Waals surface area contributed by atoms with Crippen molar-refractivity contribution in [2.24, 2.45) is 5.92 Å². The Morgan fingerprint density at radius 2 is 1.77 bits per heavy atom. The van der Waals surface area contributed by atoms with Crippen LogP contribution in [0.1, 0.15) is 62.7 Å². The second-order valence-electron chi connectivity index (χ2n) is 6.13. The fourth-order valence-corrected chi connectivity index (χ4v) is 3.55. The molecule has 0 radical (unpaired) electrons. The summed E-state index contributed by atoms with van der Waals surface area (Å²) in [5.41, 5.74) is 1.27. The maximum absolute atomic E-state index is 11.8. The molecule has 0 heterocycles. The van der Waals surface area contributed by atoms with Gasteiger partial charge in [-0.05, 0) is 56.4 Å². The van der Waals surface area contributed by atoms with Crippen LogP contribution in [-0.4, -0.2) is 23.0 Å². The Balaban J connectivity index is 2.27. The molecule has 1 aromatic carbocycles. The van der Waals surface area contributed by atoms with E-state index in [1.807, 2.05) is 0 Å². The zero-order valence-electron chi connectivity index (χ0n) is 13.4. The zero-order valence-corrected chi connectivity index (χ0v) is 13.4. The second kappa shape index (κ2) is 7.43. The third-order valence-corrected chi connectivity index (χ3v) is 4.70. The molecule has 4 heteroatoms. The third kappa shape index (κ3) is 3.67. The first-order valence-corrected chi connectivity index (χ1v) is 8.17. The summed E-state index contributed by atoms with van der Waals surface area (Å²) in [5, 5.41) is 9.70. The van der Waals surface area contributed by atoms with Gasteiger partial charge in [0.2, 0.25) is 0 Å². The Kier molecular flexibility index (Phi) is 5.58. The summed E-state index contributed by atoms with van der Waals surface area (Å²) in [5.74, 6) is 0.426. The van der Waals surface area contributed by atoms with Crippen molar-refractivity contribution in [1.29, 1.82) is 0 Å². The van der Waals surface area contributed by atoms with Crippen molar-refractivity contribution in [2.75, 3.05) is 4.90 Å². The van der Waals surface area contributed by atoms with Crippen molar-refractivity contribution in [3.8, 4) is 0 Å². The smallest absolute Gasteiger partial charge is 0.412 e. The van der Waals surface area contributed by atoms with Gasteiger partial charge in [-0.1, -0.05) is 26.2 Å². The fourth-order valence-electron chi connectivity index (χ4n) is 3.55. The lowest BCUT2D eigenvalue weighted by molar-refractivity contribution is 0.101. The standard InChI is InChI=1S/C18H25NO3/c1-3-17(15-7-5-4-6-8-15)19(18(21)22)16-11-9-14(10-12-16)13(2)20/h9-12,15,17H,3-8H2,1-2H3,(H,21,22). The summed E-state index contributed by atoms with van der Waals surface area (Å²) in [6.07, 6.45) is 5.75. The van der Waals surface area contributed by atoms with Crippen molar-refractivity contribution in [2.45, 2.75) is 58.4 Å². The molecule has 1 atom stereocenters. The number of benzene rings is 1. The summed E-state index contributed by atoms with van der Waals surface area (Å²) >= 11 is 0. The number of nitrogens with zero attached hydrogens (tertiary/aromatic N) is 1. The van der Waals surface area contributed by atoms with E-state index in [1.54, 1.807) is 24.3 Å². The number of carboxylic acid groups (broad SMARTS) is 1. The van der Waals surface area contributed by atoms with Gasteiger partial charge < -0.3 is 5.11 Å². The van der Waals surface area contributed by atoms with Gasteiger partial charge in [0, 0.05) is 17.3 Å². The van der Waals surface area contributed by atoms with E-state index in [2.05, 4.69) is 6.92 Å². The molecule has 120 valence electrons. The maximum Gasteiger partial charge on any atom is 0.412 e. The van der Waals surface area contributed by atoms with Crippen LogP contribution < -0.4 is 4.90 Å². The van der Waals surface area contributed by atoms with Crippen LogP contribution in [0.2, 0.25) is 0 Å². The van der Waals surface area contributed by atoms with Gasteiger partial charge in [0.15, 0.2) is 5.78 Å². The van der Waals surface area contributed by atoms with Gasteiger partial charge in [-0.2, -0.15) is 0 Å². The minimum absolute atomic E-state index is 0.00672. The molecule has 0 aromatic heterocycles. The van der Waals surface area contributed by atoms with Crippen molar-refractivity contribution in [3.63, 3.8) is 0 Å². The Morgan fingerprint density at radius 1 is 1.18 bits per heavy atom. The van der Waals surface area contributed by atoms with Gasteiger partial charge in [0.05, 0.1) is 0 Å². The van der Waals surface area contributed by atoms with E-state index in [1.165, 1.54) is 31.1 Å². The van der Waals surface area contributed by atoms with E-state index >= 15 is 0 Å². The zero-order chi connectivity index (χ0) is 16.1. The number of rotatable bonds is 5. The third-order valence-electron chi connectivity index (χ3n) is 4.70. The van der Waals surface area contributed by atoms with E-state index in [0.717, 1.165) is 19.3 Å². The van der Waals surface area contributed by atoms with Crippen molar-refractivity contribution in [1.82, 2.24) is 0 Å². The van der Waals surface area contributed by atoms with Crippen LogP contribution in [0.5, 0.6) is 0 Å². The van der Waals surface area contributed by atoms with Crippen molar-refractivity contribution in [3.05, 3.63) is 29.8 Å². The number of ketones is 1. The van der Waals surface area contributed by atoms with Gasteiger partial charge in [0.1, 0.15) is 0 Å². The lowest BCUT2D eigenvalue weighted by atomic mass is 9.82. The highest BCUT2D eigenvalue weighted by Gasteiger charge is 2.31. The fraction of sp³-hybridized carbons (Fsp3) is 0.556. The van der Waals surface area contributed by atoms with Crippen LogP contribution in [-0.2, 0) is 0 Å². The van der Waals surface area contributed by atoms with Crippen LogP contribution in [0.25, 0.3) is 0 Å². The van der Waals surface area contributed by atoms with Crippen LogP contribution in [0.3, 0.4) is 0 Å². The van der Waals surface area contributed by atoms with Gasteiger partial charge in [-0.3, -0.25) is 9.69 Å². The van der Waals surface area contributed by atoms with E-state index in [0.29, 0.717) is 17.2 Å². The van der Waals surface area contributed by atoms with Crippen LogP contribution in [0.15, 0.2) is 24.3 Å². The molecule has 0 aliphatic heterocycles. The number of carbonyl (C=O) groups is 2. The van der Waals surface area contributed by atoms with Crippen molar-refractivity contribution >= 4 is 17.6 Å². The van der Waals surface area contributed by atoms with E-state index in [9.17, 15) is 14.7 Å². The van der Waals surface area contributed by atoms with Crippen molar-refractivity contribution < 1.29 is 14.7 Å². The lowest BCUT2D eigenvalue weighted by Crippen LogP contribution is -2.44. The first-order valence-electron chi connectivity index (χ1n) is 8.17. The summed E-state index contributed by atoms with van der Waals surface area (Å²) in [6, 6.07) is 6.93. The molecule has 0 bridgehead atoms. The topological polar surface area (TPSA) is 57.6 Å². The van der Waals surface area contributed by atoms with Crippen LogP contribution in [0, 0.1) is 5.92 Å². The molecule has 1 aliphatic carbocycles. The maximum atomic E-state index is 11.8. The average molecular weight is 303 g/mol. The van der Waals surface area contributed by atoms with E-state index in [4.69, 9.17) is 0 Å².